The minimum Gasteiger partial charge on any atom is -0.478 e. The SMILES string of the molecule is CCC(CCO)NS(=O)(=O)c1ccc(Br)c(C(=O)O)c1. The van der Waals surface area contributed by atoms with Crippen LogP contribution in [0.2, 0.25) is 0 Å². The molecule has 0 amide bonds. The van der Waals surface area contributed by atoms with E-state index in [2.05, 4.69) is 20.7 Å². The molecule has 0 aromatic heterocycles. The van der Waals surface area contributed by atoms with E-state index in [1.54, 1.807) is 6.92 Å². The van der Waals surface area contributed by atoms with Crippen molar-refractivity contribution in [1.82, 2.24) is 4.72 Å². The van der Waals surface area contributed by atoms with Gasteiger partial charge in [-0.3, -0.25) is 0 Å². The molecule has 0 fully saturated rings. The van der Waals surface area contributed by atoms with Crippen LogP contribution in [0, 0.1) is 0 Å². The Labute approximate surface area is 126 Å². The van der Waals surface area contributed by atoms with Crippen LogP contribution in [-0.4, -0.2) is 37.2 Å². The molecule has 0 aliphatic carbocycles. The summed E-state index contributed by atoms with van der Waals surface area (Å²) < 4.78 is 27.1. The fourth-order valence-corrected chi connectivity index (χ4v) is 3.42. The molecule has 0 saturated carbocycles. The molecule has 112 valence electrons. The van der Waals surface area contributed by atoms with Crippen LogP contribution in [0.15, 0.2) is 27.6 Å². The maximum Gasteiger partial charge on any atom is 0.336 e. The second kappa shape index (κ2) is 7.16. The highest BCUT2D eigenvalue weighted by molar-refractivity contribution is 9.10. The van der Waals surface area contributed by atoms with Gasteiger partial charge in [0.2, 0.25) is 10.0 Å². The maximum absolute atomic E-state index is 12.2. The van der Waals surface area contributed by atoms with Gasteiger partial charge >= 0.3 is 5.97 Å². The number of nitrogens with one attached hydrogen (secondary N) is 1. The van der Waals surface area contributed by atoms with Gasteiger partial charge in [-0.2, -0.15) is 0 Å². The first kappa shape index (κ1) is 17.1. The smallest absolute Gasteiger partial charge is 0.336 e. The number of aromatic carboxylic acids is 1. The Morgan fingerprint density at radius 2 is 2.10 bits per heavy atom. The zero-order chi connectivity index (χ0) is 15.3. The first-order valence-corrected chi connectivity index (χ1v) is 8.25. The van der Waals surface area contributed by atoms with Crippen molar-refractivity contribution in [3.05, 3.63) is 28.2 Å². The molecule has 0 aliphatic heterocycles. The van der Waals surface area contributed by atoms with Gasteiger partial charge in [0.1, 0.15) is 0 Å². The number of sulfonamides is 1. The summed E-state index contributed by atoms with van der Waals surface area (Å²) in [6.07, 6.45) is 0.833. The summed E-state index contributed by atoms with van der Waals surface area (Å²) in [6, 6.07) is 3.41. The summed E-state index contributed by atoms with van der Waals surface area (Å²) in [6.45, 7) is 1.68. The van der Waals surface area contributed by atoms with E-state index >= 15 is 0 Å². The molecular weight excluding hydrogens is 350 g/mol. The number of rotatable bonds is 7. The third kappa shape index (κ3) is 4.27. The molecule has 1 unspecified atom stereocenters. The Kier molecular flexibility index (Phi) is 6.12. The lowest BCUT2D eigenvalue weighted by atomic mass is 10.2. The Bertz CT molecular complexity index is 588. The number of hydrogen-bond acceptors (Lipinski definition) is 4. The van der Waals surface area contributed by atoms with Crippen LogP contribution in [0.3, 0.4) is 0 Å². The Hall–Kier alpha value is -0.960. The third-order valence-corrected chi connectivity index (χ3v) is 4.98. The highest BCUT2D eigenvalue weighted by atomic mass is 79.9. The highest BCUT2D eigenvalue weighted by Gasteiger charge is 2.21. The number of aliphatic hydroxyl groups is 1. The molecule has 1 atom stereocenters. The standard InChI is InChI=1S/C12H16BrNO5S/c1-2-8(5-6-15)14-20(18,19)9-3-4-11(13)10(7-9)12(16)17/h3-4,7-8,14-15H,2,5-6H2,1H3,(H,16,17). The molecule has 0 spiro atoms. The summed E-state index contributed by atoms with van der Waals surface area (Å²) in [7, 11) is -3.81. The number of carboxylic acid groups (broad SMARTS) is 1. The van der Waals surface area contributed by atoms with Crippen molar-refractivity contribution in [2.45, 2.75) is 30.7 Å². The molecule has 0 radical (unpaired) electrons. The van der Waals surface area contributed by atoms with Crippen LogP contribution in [0.4, 0.5) is 0 Å². The van der Waals surface area contributed by atoms with Crippen molar-refractivity contribution < 1.29 is 23.4 Å². The third-order valence-electron chi connectivity index (χ3n) is 2.77. The van der Waals surface area contributed by atoms with Crippen LogP contribution >= 0.6 is 15.9 Å². The number of benzene rings is 1. The molecule has 20 heavy (non-hydrogen) atoms. The van der Waals surface area contributed by atoms with Gasteiger partial charge in [-0.1, -0.05) is 6.92 Å². The van der Waals surface area contributed by atoms with Crippen LogP contribution in [0.1, 0.15) is 30.1 Å². The monoisotopic (exact) mass is 365 g/mol. The molecule has 0 bridgehead atoms. The molecule has 0 saturated heterocycles. The van der Waals surface area contributed by atoms with Gasteiger partial charge in [-0.25, -0.2) is 17.9 Å². The van der Waals surface area contributed by atoms with Gasteiger partial charge in [-0.15, -0.1) is 0 Å². The predicted molar refractivity (Wildman–Crippen MR) is 77.2 cm³/mol. The first-order chi connectivity index (χ1) is 9.31. The fourth-order valence-electron chi connectivity index (χ4n) is 1.63. The second-order valence-corrected chi connectivity index (χ2v) is 6.75. The van der Waals surface area contributed by atoms with Crippen LogP contribution in [0.25, 0.3) is 0 Å². The van der Waals surface area contributed by atoms with E-state index < -0.39 is 16.0 Å². The minimum absolute atomic E-state index is 0.116. The summed E-state index contributed by atoms with van der Waals surface area (Å²) in [5, 5.41) is 17.9. The summed E-state index contributed by atoms with van der Waals surface area (Å²) in [5.74, 6) is -1.21. The molecule has 1 aromatic rings. The molecule has 6 nitrogen and oxygen atoms in total. The van der Waals surface area contributed by atoms with E-state index in [1.165, 1.54) is 12.1 Å². The quantitative estimate of drug-likeness (QED) is 0.680. The molecule has 1 aromatic carbocycles. The maximum atomic E-state index is 12.2. The average Bonchev–Trinajstić information content (AvgIpc) is 2.37. The number of halogens is 1. The fraction of sp³-hybridized carbons (Fsp3) is 0.417. The van der Waals surface area contributed by atoms with E-state index in [9.17, 15) is 13.2 Å². The Morgan fingerprint density at radius 3 is 2.60 bits per heavy atom. The molecule has 8 heteroatoms. The van der Waals surface area contributed by atoms with E-state index in [4.69, 9.17) is 10.2 Å². The van der Waals surface area contributed by atoms with Gasteiger partial charge in [-0.05, 0) is 47.0 Å². The van der Waals surface area contributed by atoms with E-state index in [0.717, 1.165) is 6.07 Å². The zero-order valence-electron chi connectivity index (χ0n) is 10.8. The molecule has 1 rings (SSSR count). The van der Waals surface area contributed by atoms with Crippen molar-refractivity contribution >= 4 is 31.9 Å². The lowest BCUT2D eigenvalue weighted by Crippen LogP contribution is -2.35. The highest BCUT2D eigenvalue weighted by Crippen LogP contribution is 2.21. The zero-order valence-corrected chi connectivity index (χ0v) is 13.2. The van der Waals surface area contributed by atoms with Gasteiger partial charge < -0.3 is 10.2 Å². The Balaban J connectivity index is 3.09. The van der Waals surface area contributed by atoms with Crippen LogP contribution in [0.5, 0.6) is 0 Å². The summed E-state index contributed by atoms with van der Waals surface area (Å²) in [5.41, 5.74) is -0.122. The van der Waals surface area contributed by atoms with Gasteiger partial charge in [0.15, 0.2) is 0 Å². The second-order valence-electron chi connectivity index (χ2n) is 4.19. The average molecular weight is 366 g/mol. The van der Waals surface area contributed by atoms with Gasteiger partial charge in [0, 0.05) is 17.1 Å². The van der Waals surface area contributed by atoms with Crippen LogP contribution in [-0.2, 0) is 10.0 Å². The normalized spacial score (nSPS) is 13.2. The number of carbonyl (C=O) groups is 1. The van der Waals surface area contributed by atoms with Crippen molar-refractivity contribution in [3.63, 3.8) is 0 Å². The van der Waals surface area contributed by atoms with E-state index in [1.807, 2.05) is 0 Å². The largest absolute Gasteiger partial charge is 0.478 e. The number of carboxylic acids is 1. The molecule has 0 aliphatic rings. The molecule has 3 N–H and O–H groups in total. The van der Waals surface area contributed by atoms with Crippen molar-refractivity contribution in [1.29, 1.82) is 0 Å². The lowest BCUT2D eigenvalue weighted by Gasteiger charge is -2.16. The summed E-state index contributed by atoms with van der Waals surface area (Å²) >= 11 is 3.06. The lowest BCUT2D eigenvalue weighted by molar-refractivity contribution is 0.0695. The molecular formula is C12H16BrNO5S. The van der Waals surface area contributed by atoms with E-state index in [0.29, 0.717) is 17.3 Å². The molecule has 0 heterocycles. The van der Waals surface area contributed by atoms with Gasteiger partial charge in [0.05, 0.1) is 10.5 Å². The first-order valence-electron chi connectivity index (χ1n) is 5.97. The van der Waals surface area contributed by atoms with Crippen molar-refractivity contribution in [2.24, 2.45) is 0 Å². The van der Waals surface area contributed by atoms with Crippen molar-refractivity contribution in [3.8, 4) is 0 Å². The van der Waals surface area contributed by atoms with Crippen LogP contribution < -0.4 is 4.72 Å². The number of hydrogen-bond donors (Lipinski definition) is 3. The summed E-state index contributed by atoms with van der Waals surface area (Å²) in [4.78, 5) is 10.9. The minimum atomic E-state index is -3.81. The predicted octanol–water partition coefficient (Wildman–Crippen LogP) is 1.59. The van der Waals surface area contributed by atoms with E-state index in [-0.39, 0.29) is 23.1 Å². The van der Waals surface area contributed by atoms with Crippen molar-refractivity contribution in [2.75, 3.05) is 6.61 Å². The number of aliphatic hydroxyl groups excluding tert-OH is 1. The van der Waals surface area contributed by atoms with Gasteiger partial charge in [0.25, 0.3) is 0 Å². The Morgan fingerprint density at radius 1 is 1.45 bits per heavy atom. The topological polar surface area (TPSA) is 104 Å².